The van der Waals surface area contributed by atoms with E-state index in [1.807, 2.05) is 19.9 Å². The van der Waals surface area contributed by atoms with Crippen molar-refractivity contribution in [3.8, 4) is 0 Å². The van der Waals surface area contributed by atoms with Gasteiger partial charge in [-0.2, -0.15) is 17.6 Å². The number of carbonyl (C=O) groups is 2. The topological polar surface area (TPSA) is 115 Å². The molecule has 178 valence electrons. The van der Waals surface area contributed by atoms with Crippen molar-refractivity contribution in [2.75, 3.05) is 6.54 Å². The molecule has 0 saturated heterocycles. The summed E-state index contributed by atoms with van der Waals surface area (Å²) in [5.74, 6) is -0.674. The van der Waals surface area contributed by atoms with Crippen LogP contribution in [-0.4, -0.2) is 46.9 Å². The fraction of sp³-hybridized carbons (Fsp3) is 0.192. The van der Waals surface area contributed by atoms with Crippen molar-refractivity contribution in [2.24, 2.45) is 5.73 Å². The van der Waals surface area contributed by atoms with Gasteiger partial charge in [0.15, 0.2) is 0 Å². The largest absolute Gasteiger partial charge is 0.326 e. The summed E-state index contributed by atoms with van der Waals surface area (Å²) >= 11 is 0. The summed E-state index contributed by atoms with van der Waals surface area (Å²) in [5, 5.41) is 4.87. The van der Waals surface area contributed by atoms with Crippen molar-refractivity contribution in [3.05, 3.63) is 94.7 Å². The van der Waals surface area contributed by atoms with Crippen LogP contribution in [0.3, 0.4) is 0 Å². The maximum absolute atomic E-state index is 13.2. The van der Waals surface area contributed by atoms with Crippen LogP contribution in [0.2, 0.25) is 0 Å². The van der Waals surface area contributed by atoms with Crippen molar-refractivity contribution in [1.82, 2.24) is 14.1 Å². The van der Waals surface area contributed by atoms with E-state index in [-0.39, 0.29) is 23.3 Å². The van der Waals surface area contributed by atoms with E-state index < -0.39 is 16.1 Å². The van der Waals surface area contributed by atoms with E-state index in [1.54, 1.807) is 54.6 Å². The average Bonchev–Trinajstić information content (AvgIpc) is 3.38. The smallest absolute Gasteiger partial charge is 0.283 e. The number of carbonyl (C=O) groups excluding carboxylic acids is 2. The van der Waals surface area contributed by atoms with Gasteiger partial charge in [-0.05, 0) is 61.7 Å². The van der Waals surface area contributed by atoms with Crippen LogP contribution >= 0.6 is 0 Å². The van der Waals surface area contributed by atoms with Crippen LogP contribution in [0.1, 0.15) is 37.4 Å². The van der Waals surface area contributed by atoms with Crippen molar-refractivity contribution in [2.45, 2.75) is 31.2 Å². The Labute approximate surface area is 203 Å². The van der Waals surface area contributed by atoms with E-state index in [4.69, 9.17) is 5.73 Å². The van der Waals surface area contributed by atoms with Gasteiger partial charge in [0.05, 0.1) is 27.7 Å². The Morgan fingerprint density at radius 2 is 1.54 bits per heavy atom. The summed E-state index contributed by atoms with van der Waals surface area (Å²) in [6.07, 6.45) is 1.95. The van der Waals surface area contributed by atoms with Gasteiger partial charge < -0.3 is 5.73 Å². The Morgan fingerprint density at radius 1 is 0.914 bits per heavy atom. The quantitative estimate of drug-likeness (QED) is 0.417. The number of aromatic nitrogens is 2. The number of fused-ring (bicyclic) bond motifs is 2. The summed E-state index contributed by atoms with van der Waals surface area (Å²) in [7, 11) is -3.85. The molecule has 0 bridgehead atoms. The van der Waals surface area contributed by atoms with Gasteiger partial charge in [0.1, 0.15) is 0 Å². The molecule has 1 aliphatic heterocycles. The lowest BCUT2D eigenvalue weighted by atomic mass is 9.98. The molecule has 5 rings (SSSR count). The van der Waals surface area contributed by atoms with E-state index in [0.29, 0.717) is 28.5 Å². The zero-order chi connectivity index (χ0) is 24.9. The molecule has 0 fully saturated rings. The molecule has 35 heavy (non-hydrogen) atoms. The molecular weight excluding hydrogens is 464 g/mol. The first-order valence-electron chi connectivity index (χ1n) is 11.2. The fourth-order valence-corrected chi connectivity index (χ4v) is 5.74. The van der Waals surface area contributed by atoms with Crippen molar-refractivity contribution >= 4 is 32.7 Å². The van der Waals surface area contributed by atoms with Crippen LogP contribution < -0.4 is 5.73 Å². The lowest BCUT2D eigenvalue weighted by molar-refractivity contribution is 0.0644. The molecule has 0 radical (unpaired) electrons. The van der Waals surface area contributed by atoms with E-state index >= 15 is 0 Å². The first-order chi connectivity index (χ1) is 16.7. The summed E-state index contributed by atoms with van der Waals surface area (Å²) < 4.78 is 27.4. The second-order valence-corrected chi connectivity index (χ2v) is 10.6. The minimum Gasteiger partial charge on any atom is -0.326 e. The molecule has 0 saturated carbocycles. The lowest BCUT2D eigenvalue weighted by Gasteiger charge is -2.20. The van der Waals surface area contributed by atoms with Crippen molar-refractivity contribution in [1.29, 1.82) is 0 Å². The summed E-state index contributed by atoms with van der Waals surface area (Å²) in [6.45, 7) is 3.87. The van der Waals surface area contributed by atoms with E-state index in [0.717, 1.165) is 20.8 Å². The monoisotopic (exact) mass is 488 g/mol. The van der Waals surface area contributed by atoms with E-state index in [2.05, 4.69) is 5.10 Å². The Kier molecular flexibility index (Phi) is 5.53. The number of aryl methyl sites for hydroxylation is 2. The van der Waals surface area contributed by atoms with Gasteiger partial charge >= 0.3 is 0 Å². The van der Waals surface area contributed by atoms with Crippen LogP contribution in [0.25, 0.3) is 10.9 Å². The number of imide groups is 1. The number of hydrogen-bond acceptors (Lipinski definition) is 6. The van der Waals surface area contributed by atoms with Gasteiger partial charge in [0.2, 0.25) is 0 Å². The highest BCUT2D eigenvalue weighted by Crippen LogP contribution is 2.27. The molecule has 1 aromatic heterocycles. The molecule has 9 heteroatoms. The minimum atomic E-state index is -3.85. The third-order valence-electron chi connectivity index (χ3n) is 6.43. The third kappa shape index (κ3) is 3.82. The van der Waals surface area contributed by atoms with E-state index in [1.165, 1.54) is 11.1 Å². The van der Waals surface area contributed by atoms with Crippen LogP contribution in [0.5, 0.6) is 0 Å². The number of rotatable bonds is 6. The highest BCUT2D eigenvalue weighted by molar-refractivity contribution is 7.90. The molecule has 2 heterocycles. The van der Waals surface area contributed by atoms with Crippen LogP contribution in [-0.2, 0) is 16.4 Å². The van der Waals surface area contributed by atoms with Gasteiger partial charge in [0, 0.05) is 18.0 Å². The summed E-state index contributed by atoms with van der Waals surface area (Å²) in [5.41, 5.74) is 10.3. The number of nitrogens with two attached hydrogens (primary N) is 1. The summed E-state index contributed by atoms with van der Waals surface area (Å²) in [6, 6.07) is 16.4. The first kappa shape index (κ1) is 22.9. The van der Waals surface area contributed by atoms with Gasteiger partial charge in [-0.3, -0.25) is 14.5 Å². The Bertz CT molecular complexity index is 1550. The Balaban J connectivity index is 1.39. The zero-order valence-electron chi connectivity index (χ0n) is 19.3. The SMILES string of the molecule is Cc1ccc(S(=O)(=O)n2ncc3c(C)c(CC(N)CN4C(=O)c5ccccc5C4=O)ccc32)cc1. The number of benzene rings is 3. The number of amides is 2. The van der Waals surface area contributed by atoms with Crippen LogP contribution in [0.4, 0.5) is 0 Å². The van der Waals surface area contributed by atoms with Crippen LogP contribution in [0.15, 0.2) is 71.8 Å². The van der Waals surface area contributed by atoms with Gasteiger partial charge in [-0.15, -0.1) is 0 Å². The Morgan fingerprint density at radius 3 is 2.17 bits per heavy atom. The molecule has 2 N–H and O–H groups in total. The molecule has 4 aromatic rings. The van der Waals surface area contributed by atoms with Gasteiger partial charge in [0.25, 0.3) is 21.8 Å². The Hall–Kier alpha value is -3.82. The predicted octanol–water partition coefficient (Wildman–Crippen LogP) is 3.06. The van der Waals surface area contributed by atoms with Crippen LogP contribution in [0, 0.1) is 13.8 Å². The summed E-state index contributed by atoms with van der Waals surface area (Å²) in [4.78, 5) is 26.7. The highest BCUT2D eigenvalue weighted by Gasteiger charge is 2.35. The van der Waals surface area contributed by atoms with Crippen molar-refractivity contribution < 1.29 is 18.0 Å². The third-order valence-corrected chi connectivity index (χ3v) is 8.04. The second-order valence-electron chi connectivity index (χ2n) is 8.82. The maximum Gasteiger partial charge on any atom is 0.283 e. The fourth-order valence-electron chi connectivity index (χ4n) is 4.47. The molecular formula is C26H24N4O4S. The second kappa shape index (κ2) is 8.44. The standard InChI is InChI=1S/C26H24N4O4S/c1-16-7-10-20(11-8-16)35(33,34)30-24-12-9-18(17(2)23(24)14-28-30)13-19(27)15-29-25(31)21-5-3-4-6-22(21)26(29)32/h3-12,14,19H,13,15,27H2,1-2H3. The molecule has 1 atom stereocenters. The maximum atomic E-state index is 13.2. The highest BCUT2D eigenvalue weighted by atomic mass is 32.2. The number of hydrogen-bond donors (Lipinski definition) is 1. The lowest BCUT2D eigenvalue weighted by Crippen LogP contribution is -2.42. The molecule has 1 aliphatic rings. The molecule has 0 spiro atoms. The average molecular weight is 489 g/mol. The molecule has 8 nitrogen and oxygen atoms in total. The first-order valence-corrected chi connectivity index (χ1v) is 12.6. The minimum absolute atomic E-state index is 0.0882. The van der Waals surface area contributed by atoms with Crippen molar-refractivity contribution in [3.63, 3.8) is 0 Å². The molecule has 3 aromatic carbocycles. The molecule has 2 amide bonds. The molecule has 1 unspecified atom stereocenters. The van der Waals surface area contributed by atoms with Gasteiger partial charge in [-0.25, -0.2) is 0 Å². The number of nitrogens with zero attached hydrogens (tertiary/aromatic N) is 3. The van der Waals surface area contributed by atoms with Gasteiger partial charge in [-0.1, -0.05) is 35.9 Å². The predicted molar refractivity (Wildman–Crippen MR) is 132 cm³/mol. The zero-order valence-corrected chi connectivity index (χ0v) is 20.1. The molecule has 0 aliphatic carbocycles. The van der Waals surface area contributed by atoms with E-state index in [9.17, 15) is 18.0 Å². The normalized spacial score (nSPS) is 14.5.